The van der Waals surface area contributed by atoms with Crippen molar-refractivity contribution in [1.29, 1.82) is 0 Å². The van der Waals surface area contributed by atoms with Gasteiger partial charge in [0.05, 0.1) is 33.7 Å². The van der Waals surface area contributed by atoms with Gasteiger partial charge in [0.1, 0.15) is 0 Å². The Morgan fingerprint density at radius 2 is 1.65 bits per heavy atom. The molecule has 2 amide bonds. The highest BCUT2D eigenvalue weighted by Gasteiger charge is 2.42. The van der Waals surface area contributed by atoms with Gasteiger partial charge in [0.15, 0.2) is 15.6 Å². The van der Waals surface area contributed by atoms with E-state index in [0.717, 1.165) is 17.7 Å². The van der Waals surface area contributed by atoms with Gasteiger partial charge in [-0.2, -0.15) is 13.2 Å². The van der Waals surface area contributed by atoms with E-state index in [2.05, 4.69) is 5.32 Å². The Balaban J connectivity index is 1.46. The molecule has 4 rings (SSSR count). The molecular formula is C31H41BF3N5O7S. The number of rotatable bonds is 12. The molecule has 1 saturated heterocycles. The smallest absolute Gasteiger partial charge is 0.423 e. The molecule has 0 saturated carbocycles. The van der Waals surface area contributed by atoms with Crippen molar-refractivity contribution >= 4 is 40.0 Å². The molecule has 1 fully saturated rings. The summed E-state index contributed by atoms with van der Waals surface area (Å²) in [5.74, 6) is -1.66. The molecule has 0 aromatic heterocycles. The molecule has 2 aromatic carbocycles. The average molecular weight is 696 g/mol. The second-order valence-corrected chi connectivity index (χ2v) is 15.3. The van der Waals surface area contributed by atoms with Gasteiger partial charge >= 0.3 is 13.3 Å². The van der Waals surface area contributed by atoms with E-state index in [9.17, 15) is 41.0 Å². The predicted octanol–water partition coefficient (Wildman–Crippen LogP) is -0.484. The van der Waals surface area contributed by atoms with Gasteiger partial charge < -0.3 is 37.1 Å². The van der Waals surface area contributed by atoms with E-state index in [1.165, 1.54) is 17.0 Å². The molecule has 0 bridgehead atoms. The summed E-state index contributed by atoms with van der Waals surface area (Å²) in [5.41, 5.74) is 17.9. The maximum absolute atomic E-state index is 13.6. The number of alkyl halides is 3. The number of benzene rings is 2. The van der Waals surface area contributed by atoms with E-state index in [4.69, 9.17) is 21.9 Å². The van der Waals surface area contributed by atoms with Gasteiger partial charge in [0, 0.05) is 39.0 Å². The van der Waals surface area contributed by atoms with Crippen LogP contribution in [-0.4, -0.2) is 91.8 Å². The number of sulfone groups is 1. The number of Topliss-reactive ketones (excluding diaryl/α,β-unsaturated/α-hetero) is 1. The van der Waals surface area contributed by atoms with Gasteiger partial charge in [0.2, 0.25) is 11.8 Å². The molecule has 0 radical (unpaired) electrons. The van der Waals surface area contributed by atoms with E-state index in [-0.39, 0.29) is 51.9 Å². The molecule has 2 aliphatic heterocycles. The number of carbonyl (C=O) groups excluding carboxylic acids is 3. The number of fused-ring (bicyclic) bond motifs is 1. The minimum atomic E-state index is -4.55. The maximum Gasteiger partial charge on any atom is 0.492 e. The molecule has 0 spiro atoms. The fraction of sp³-hybridized carbons (Fsp3) is 0.516. The second-order valence-electron chi connectivity index (χ2n) is 12.8. The number of hydrogen-bond donors (Lipinski definition) is 5. The van der Waals surface area contributed by atoms with E-state index >= 15 is 0 Å². The Bertz CT molecular complexity index is 1610. The SMILES string of the molecule is CC1(C)OB(O)c2cc(CC(=O)[C@@H](Cc3ccc(C(F)(F)F)cc3)NC(=O)[C@@H](N)CCC(=O)N3CC(CN)S(=O)(=O)C(CN)C3)ccc21. The fourth-order valence-corrected chi connectivity index (χ4v) is 7.89. The molecule has 2 unspecified atom stereocenters. The lowest BCUT2D eigenvalue weighted by Gasteiger charge is -2.37. The van der Waals surface area contributed by atoms with Crippen molar-refractivity contribution in [2.24, 2.45) is 17.2 Å². The highest BCUT2D eigenvalue weighted by Crippen LogP contribution is 2.31. The minimum Gasteiger partial charge on any atom is -0.423 e. The summed E-state index contributed by atoms with van der Waals surface area (Å²) in [6.45, 7) is 3.01. The van der Waals surface area contributed by atoms with Crippen molar-refractivity contribution in [2.45, 2.75) is 73.9 Å². The third-order valence-corrected chi connectivity index (χ3v) is 11.4. The van der Waals surface area contributed by atoms with Gasteiger partial charge in [-0.25, -0.2) is 8.42 Å². The van der Waals surface area contributed by atoms with E-state index in [0.29, 0.717) is 16.6 Å². The third-order valence-electron chi connectivity index (χ3n) is 8.90. The summed E-state index contributed by atoms with van der Waals surface area (Å²) in [5, 5.41) is 11.0. The maximum atomic E-state index is 13.6. The molecular weight excluding hydrogens is 654 g/mol. The van der Waals surface area contributed by atoms with Crippen molar-refractivity contribution in [1.82, 2.24) is 10.2 Å². The number of nitrogens with zero attached hydrogens (tertiary/aromatic N) is 1. The topological polar surface area (TPSA) is 208 Å². The van der Waals surface area contributed by atoms with Crippen molar-refractivity contribution < 1.29 is 45.7 Å². The lowest BCUT2D eigenvalue weighted by atomic mass is 9.77. The van der Waals surface area contributed by atoms with Gasteiger partial charge in [-0.3, -0.25) is 14.4 Å². The number of nitrogens with two attached hydrogens (primary N) is 3. The Morgan fingerprint density at radius 3 is 2.21 bits per heavy atom. The second kappa shape index (κ2) is 14.6. The Hall–Kier alpha value is -3.35. The van der Waals surface area contributed by atoms with Gasteiger partial charge in [-0.1, -0.05) is 30.3 Å². The normalized spacial score (nSPS) is 21.4. The molecule has 12 nitrogen and oxygen atoms in total. The van der Waals surface area contributed by atoms with E-state index in [1.54, 1.807) is 32.0 Å². The van der Waals surface area contributed by atoms with Gasteiger partial charge in [-0.05, 0) is 61.0 Å². The lowest BCUT2D eigenvalue weighted by molar-refractivity contribution is -0.137. The van der Waals surface area contributed by atoms with Crippen LogP contribution in [0.2, 0.25) is 0 Å². The first-order valence-corrected chi connectivity index (χ1v) is 17.1. The number of carbonyl (C=O) groups is 3. The largest absolute Gasteiger partial charge is 0.492 e. The molecule has 8 N–H and O–H groups in total. The highest BCUT2D eigenvalue weighted by atomic mass is 32.2. The Labute approximate surface area is 277 Å². The Kier molecular flexibility index (Phi) is 11.4. The summed E-state index contributed by atoms with van der Waals surface area (Å²) < 4.78 is 70.1. The van der Waals surface area contributed by atoms with Crippen LogP contribution < -0.4 is 28.0 Å². The van der Waals surface area contributed by atoms with Crippen LogP contribution in [-0.2, 0) is 53.5 Å². The van der Waals surface area contributed by atoms with E-state index in [1.807, 2.05) is 0 Å². The summed E-state index contributed by atoms with van der Waals surface area (Å²) in [7, 11) is -4.80. The first-order valence-electron chi connectivity index (χ1n) is 15.5. The summed E-state index contributed by atoms with van der Waals surface area (Å²) in [4.78, 5) is 41.1. The molecule has 0 aliphatic carbocycles. The summed E-state index contributed by atoms with van der Waals surface area (Å²) in [6, 6.07) is 6.86. The van der Waals surface area contributed by atoms with Gasteiger partial charge in [0.25, 0.3) is 0 Å². The average Bonchev–Trinajstić information content (AvgIpc) is 3.25. The first kappa shape index (κ1) is 37.5. The fourth-order valence-electron chi connectivity index (χ4n) is 6.03. The zero-order chi connectivity index (χ0) is 35.6. The van der Waals surface area contributed by atoms with Crippen molar-refractivity contribution in [3.05, 3.63) is 64.7 Å². The lowest BCUT2D eigenvalue weighted by Crippen LogP contribution is -2.58. The third kappa shape index (κ3) is 8.44. The van der Waals surface area contributed by atoms with Crippen LogP contribution in [0.15, 0.2) is 42.5 Å². The molecule has 2 heterocycles. The molecule has 262 valence electrons. The molecule has 48 heavy (non-hydrogen) atoms. The quantitative estimate of drug-likeness (QED) is 0.180. The number of hydrogen-bond acceptors (Lipinski definition) is 10. The first-order chi connectivity index (χ1) is 22.4. The zero-order valence-corrected chi connectivity index (χ0v) is 27.5. The molecule has 17 heteroatoms. The summed E-state index contributed by atoms with van der Waals surface area (Å²) in [6.07, 6.45) is -5.20. The predicted molar refractivity (Wildman–Crippen MR) is 172 cm³/mol. The van der Waals surface area contributed by atoms with Crippen LogP contribution in [0.25, 0.3) is 0 Å². The highest BCUT2D eigenvalue weighted by molar-refractivity contribution is 7.92. The number of nitrogens with one attached hydrogen (secondary N) is 1. The minimum absolute atomic E-state index is 0.108. The molecule has 4 atom stereocenters. The van der Waals surface area contributed by atoms with Crippen molar-refractivity contribution in [2.75, 3.05) is 26.2 Å². The van der Waals surface area contributed by atoms with Crippen LogP contribution >= 0.6 is 0 Å². The van der Waals surface area contributed by atoms with Crippen LogP contribution in [0.5, 0.6) is 0 Å². The van der Waals surface area contributed by atoms with Gasteiger partial charge in [-0.15, -0.1) is 0 Å². The van der Waals surface area contributed by atoms with Crippen molar-refractivity contribution in [3.63, 3.8) is 0 Å². The van der Waals surface area contributed by atoms with Crippen LogP contribution in [0.1, 0.15) is 48.9 Å². The number of ketones is 1. The molecule has 2 aromatic rings. The number of halogens is 3. The van der Waals surface area contributed by atoms with Crippen LogP contribution in [0, 0.1) is 0 Å². The van der Waals surface area contributed by atoms with E-state index < -0.39 is 74.5 Å². The van der Waals surface area contributed by atoms with Crippen LogP contribution in [0.3, 0.4) is 0 Å². The van der Waals surface area contributed by atoms with Crippen molar-refractivity contribution in [3.8, 4) is 0 Å². The monoisotopic (exact) mass is 695 g/mol. The Morgan fingerprint density at radius 1 is 1.06 bits per heavy atom. The van der Waals surface area contributed by atoms with Crippen LogP contribution in [0.4, 0.5) is 13.2 Å². The standard InChI is InChI=1S/C31H41BF3N5O7S/c1-30(2)23-8-5-19(11-24(23)32(44)47-30)13-27(41)26(12-18-3-6-20(7-4-18)31(33,34)35)39-29(43)25(38)9-10-28(42)40-16-21(14-36)48(45,46)22(15-37)17-40/h3-8,11,21-22,25-26,44H,9-10,12-17,36-38H2,1-2H3,(H,39,43)/t21?,22?,25-,26+/m0/s1. The number of amides is 2. The molecule has 2 aliphatic rings. The zero-order valence-electron chi connectivity index (χ0n) is 26.7. The summed E-state index contributed by atoms with van der Waals surface area (Å²) >= 11 is 0.